The Morgan fingerprint density at radius 2 is 1.82 bits per heavy atom. The number of nitrogens with zero attached hydrogens (tertiary/aromatic N) is 4. The summed E-state index contributed by atoms with van der Waals surface area (Å²) in [5.74, 6) is -1.24. The summed E-state index contributed by atoms with van der Waals surface area (Å²) in [5.41, 5.74) is 4.58. The highest BCUT2D eigenvalue weighted by Crippen LogP contribution is 2.31. The van der Waals surface area contributed by atoms with Crippen molar-refractivity contribution < 1.29 is 29.1 Å². The largest absolute Gasteiger partial charge is 0.481 e. The monoisotopic (exact) mass is 475 g/mol. The van der Waals surface area contributed by atoms with Gasteiger partial charge in [0.2, 0.25) is 5.91 Å². The van der Waals surface area contributed by atoms with Gasteiger partial charge in [-0.15, -0.1) is 0 Å². The van der Waals surface area contributed by atoms with E-state index in [4.69, 9.17) is 9.94 Å². The Hall–Kier alpha value is -3.42. The molecule has 3 aliphatic heterocycles. The van der Waals surface area contributed by atoms with Crippen LogP contribution in [0.15, 0.2) is 24.3 Å². The molecule has 3 heterocycles. The van der Waals surface area contributed by atoms with Crippen molar-refractivity contribution in [2.75, 3.05) is 51.2 Å². The minimum Gasteiger partial charge on any atom is -0.481 e. The Morgan fingerprint density at radius 3 is 2.50 bits per heavy atom. The number of carboxylic acid groups (broad SMARTS) is 1. The van der Waals surface area contributed by atoms with Crippen LogP contribution >= 0.6 is 0 Å². The zero-order valence-corrected chi connectivity index (χ0v) is 18.9. The third-order valence-corrected chi connectivity index (χ3v) is 6.01. The molecular weight excluding hydrogens is 446 g/mol. The van der Waals surface area contributed by atoms with Crippen LogP contribution < -0.4 is 21.0 Å². The van der Waals surface area contributed by atoms with Crippen molar-refractivity contribution in [2.24, 2.45) is 0 Å². The number of anilines is 1. The normalized spacial score (nSPS) is 24.6. The van der Waals surface area contributed by atoms with E-state index in [-0.39, 0.29) is 31.1 Å². The van der Waals surface area contributed by atoms with E-state index >= 15 is 0 Å². The average Bonchev–Trinajstić information content (AvgIpc) is 3.48. The van der Waals surface area contributed by atoms with Gasteiger partial charge in [0.1, 0.15) is 6.04 Å². The maximum atomic E-state index is 12.7. The highest BCUT2D eigenvalue weighted by Gasteiger charge is 2.41. The number of aliphatic carboxylic acids is 1. The number of carbonyl (C=O) groups is 4. The lowest BCUT2D eigenvalue weighted by atomic mass is 10.2. The van der Waals surface area contributed by atoms with Crippen LogP contribution in [0.3, 0.4) is 0 Å². The van der Waals surface area contributed by atoms with Crippen molar-refractivity contribution in [3.63, 3.8) is 0 Å². The molecule has 3 atom stereocenters. The zero-order chi connectivity index (χ0) is 24.2. The lowest BCUT2D eigenvalue weighted by Crippen LogP contribution is -2.47. The van der Waals surface area contributed by atoms with Gasteiger partial charge in [-0.3, -0.25) is 9.59 Å². The molecule has 3 saturated heterocycles. The number of nitrogens with one attached hydrogen (secondary N) is 3. The van der Waals surface area contributed by atoms with Crippen molar-refractivity contribution in [1.82, 2.24) is 31.0 Å². The van der Waals surface area contributed by atoms with Crippen molar-refractivity contribution in [3.8, 4) is 0 Å². The number of rotatable bonds is 7. The summed E-state index contributed by atoms with van der Waals surface area (Å²) in [5, 5.41) is 15.0. The molecule has 4 amide bonds. The number of hydroxylamine groups is 1. The number of likely N-dealkylation sites (N-methyl/N-ethyl adjacent to an activating group) is 1. The first kappa shape index (κ1) is 23.7. The molecule has 184 valence electrons. The fourth-order valence-corrected chi connectivity index (χ4v) is 3.91. The molecule has 3 fully saturated rings. The Bertz CT molecular complexity index is 934. The van der Waals surface area contributed by atoms with Gasteiger partial charge in [0.15, 0.2) is 6.17 Å². The second-order valence-electron chi connectivity index (χ2n) is 8.47. The molecule has 0 aliphatic carbocycles. The number of hydrazine groups is 1. The number of carboxylic acids is 1. The number of hydrogen-bond donors (Lipinski definition) is 4. The number of piperazine rings is 1. The van der Waals surface area contributed by atoms with Crippen LogP contribution in [-0.4, -0.2) is 96.4 Å². The molecular formula is C21H29N7O6. The third kappa shape index (κ3) is 5.73. The van der Waals surface area contributed by atoms with Gasteiger partial charge in [-0.25, -0.2) is 9.59 Å². The molecule has 0 spiro atoms. The fraction of sp³-hybridized carbons (Fsp3) is 0.524. The molecule has 3 aliphatic rings. The fourth-order valence-electron chi connectivity index (χ4n) is 3.91. The topological polar surface area (TPSA) is 156 Å². The van der Waals surface area contributed by atoms with Crippen LogP contribution in [0.1, 0.15) is 24.6 Å². The van der Waals surface area contributed by atoms with E-state index in [1.807, 2.05) is 31.3 Å². The molecule has 13 nitrogen and oxygen atoms in total. The van der Waals surface area contributed by atoms with Crippen LogP contribution in [-0.2, 0) is 14.4 Å². The molecule has 1 aromatic rings. The highest BCUT2D eigenvalue weighted by molar-refractivity contribution is 6.01. The predicted octanol–water partition coefficient (Wildman–Crippen LogP) is -0.316. The molecule has 4 rings (SSSR count). The molecule has 0 aromatic heterocycles. The third-order valence-electron chi connectivity index (χ3n) is 6.01. The number of amides is 4. The van der Waals surface area contributed by atoms with Crippen molar-refractivity contribution >= 4 is 29.7 Å². The molecule has 2 unspecified atom stereocenters. The molecule has 0 saturated carbocycles. The Kier molecular flexibility index (Phi) is 7.14. The van der Waals surface area contributed by atoms with Gasteiger partial charge in [0.05, 0.1) is 6.42 Å². The first-order chi connectivity index (χ1) is 16.3. The van der Waals surface area contributed by atoms with Crippen LogP contribution in [0.2, 0.25) is 0 Å². The summed E-state index contributed by atoms with van der Waals surface area (Å²) in [6, 6.07) is 6.08. The van der Waals surface area contributed by atoms with E-state index in [2.05, 4.69) is 21.0 Å². The second-order valence-corrected chi connectivity index (χ2v) is 8.47. The Morgan fingerprint density at radius 1 is 1.12 bits per heavy atom. The summed E-state index contributed by atoms with van der Waals surface area (Å²) in [6.45, 7) is 3.33. The van der Waals surface area contributed by atoms with Gasteiger partial charge in [-0.1, -0.05) is 12.1 Å². The predicted molar refractivity (Wildman–Crippen MR) is 119 cm³/mol. The molecule has 4 N–H and O–H groups in total. The second kappa shape index (κ2) is 10.2. The Labute approximate surface area is 196 Å². The van der Waals surface area contributed by atoms with Crippen molar-refractivity contribution in [3.05, 3.63) is 29.8 Å². The van der Waals surface area contributed by atoms with Crippen molar-refractivity contribution in [1.29, 1.82) is 0 Å². The van der Waals surface area contributed by atoms with E-state index in [0.717, 1.165) is 18.7 Å². The Balaban J connectivity index is 1.24. The number of urea groups is 1. The summed E-state index contributed by atoms with van der Waals surface area (Å²) >= 11 is 0. The molecule has 34 heavy (non-hydrogen) atoms. The number of hydrogen-bond acceptors (Lipinski definition) is 8. The van der Waals surface area contributed by atoms with Crippen LogP contribution in [0.4, 0.5) is 15.3 Å². The van der Waals surface area contributed by atoms with E-state index < -0.39 is 18.0 Å². The van der Waals surface area contributed by atoms with Gasteiger partial charge in [-0.2, -0.15) is 5.43 Å². The molecule has 1 aromatic carbocycles. The van der Waals surface area contributed by atoms with E-state index in [1.54, 1.807) is 9.80 Å². The highest BCUT2D eigenvalue weighted by atomic mass is 16.8. The first-order valence-corrected chi connectivity index (χ1v) is 11.2. The lowest BCUT2D eigenvalue weighted by Gasteiger charge is -2.31. The van der Waals surface area contributed by atoms with Gasteiger partial charge in [-0.05, 0) is 36.3 Å². The summed E-state index contributed by atoms with van der Waals surface area (Å²) < 4.78 is 0. The van der Waals surface area contributed by atoms with Crippen LogP contribution in [0.5, 0.6) is 0 Å². The summed E-state index contributed by atoms with van der Waals surface area (Å²) in [6.07, 6.45) is -0.364. The van der Waals surface area contributed by atoms with Crippen molar-refractivity contribution in [2.45, 2.75) is 25.0 Å². The maximum absolute atomic E-state index is 12.7. The van der Waals surface area contributed by atoms with Gasteiger partial charge in [0.25, 0.3) is 0 Å². The van der Waals surface area contributed by atoms with Crippen LogP contribution in [0.25, 0.3) is 0 Å². The standard InChI is InChI=1S/C21H29N7O6/c1-25-10-12-26(13-11-25)21(33)34-28-18(24-28)14-2-4-15(5-3-14)27-9-7-16(19(27)31)23-20(32)22-8-6-17(29)30/h2-5,16,18,24H,6-13H2,1H3,(H,29,30)(H2,22,23,32)/t16-,18?,28?/m0/s1. The number of benzene rings is 1. The molecule has 0 bridgehead atoms. The minimum absolute atomic E-state index is 0.00976. The number of carbonyl (C=O) groups excluding carboxylic acids is 3. The summed E-state index contributed by atoms with van der Waals surface area (Å²) in [4.78, 5) is 58.2. The van der Waals surface area contributed by atoms with Gasteiger partial charge in [0, 0.05) is 45.0 Å². The average molecular weight is 476 g/mol. The summed E-state index contributed by atoms with van der Waals surface area (Å²) in [7, 11) is 2.02. The minimum atomic E-state index is -1.01. The van der Waals surface area contributed by atoms with E-state index in [0.29, 0.717) is 31.7 Å². The smallest absolute Gasteiger partial charge is 0.430 e. The van der Waals surface area contributed by atoms with Crippen LogP contribution in [0, 0.1) is 0 Å². The first-order valence-electron chi connectivity index (χ1n) is 11.2. The molecule has 13 heteroatoms. The molecule has 0 radical (unpaired) electrons. The van der Waals surface area contributed by atoms with E-state index in [1.165, 1.54) is 5.17 Å². The zero-order valence-electron chi connectivity index (χ0n) is 18.9. The van der Waals surface area contributed by atoms with E-state index in [9.17, 15) is 19.2 Å². The lowest BCUT2D eigenvalue weighted by molar-refractivity contribution is -0.136. The quantitative estimate of drug-likeness (QED) is 0.388. The SMILES string of the molecule is CN1CCN(C(=O)ON2NC2c2ccc(N3CC[C@H](NC(=O)NCCC(=O)O)C3=O)cc2)CC1. The maximum Gasteiger partial charge on any atom is 0.430 e. The van der Waals surface area contributed by atoms with Gasteiger partial charge < -0.3 is 35.3 Å². The van der Waals surface area contributed by atoms with Gasteiger partial charge >= 0.3 is 18.1 Å².